The second-order valence-corrected chi connectivity index (χ2v) is 7.16. The molecule has 0 atom stereocenters. The van der Waals surface area contributed by atoms with E-state index >= 15 is 0 Å². The quantitative estimate of drug-likeness (QED) is 0.533. The van der Waals surface area contributed by atoms with Gasteiger partial charge in [-0.1, -0.05) is 60.3 Å². The maximum atomic E-state index is 5.48. The second-order valence-electron chi connectivity index (χ2n) is 6.22. The van der Waals surface area contributed by atoms with Gasteiger partial charge in [0.15, 0.2) is 5.82 Å². The lowest BCUT2D eigenvalue weighted by atomic mass is 10.0. The normalized spacial score (nSPS) is 13.3. The summed E-state index contributed by atoms with van der Waals surface area (Å²) in [4.78, 5) is 0. The molecule has 0 unspecified atom stereocenters. The van der Waals surface area contributed by atoms with Crippen molar-refractivity contribution < 1.29 is 4.74 Å². The lowest BCUT2D eigenvalue weighted by molar-refractivity contribution is 0.416. The lowest BCUT2D eigenvalue weighted by Gasteiger charge is -2.15. The first kappa shape index (κ1) is 16.1. The summed E-state index contributed by atoms with van der Waals surface area (Å²) in [5, 5.41) is 16.8. The van der Waals surface area contributed by atoms with E-state index in [0.717, 1.165) is 33.5 Å². The van der Waals surface area contributed by atoms with Crippen LogP contribution in [0.5, 0.6) is 5.75 Å². The molecule has 132 valence electrons. The Morgan fingerprint density at radius 1 is 0.926 bits per heavy atom. The van der Waals surface area contributed by atoms with Gasteiger partial charge in [-0.15, -0.1) is 10.2 Å². The molecule has 1 aromatic heterocycles. The molecule has 3 aromatic carbocycles. The summed E-state index contributed by atoms with van der Waals surface area (Å²) in [6.07, 6.45) is 0. The number of hydrogen-bond donors (Lipinski definition) is 0. The van der Waals surface area contributed by atoms with Crippen LogP contribution in [0, 0.1) is 0 Å². The fraction of sp³-hybridized carbons (Fsp3) is 0.0952. The van der Waals surface area contributed by atoms with Crippen LogP contribution in [0.15, 0.2) is 77.0 Å². The summed E-state index contributed by atoms with van der Waals surface area (Å²) in [7, 11) is 1.66. The topological polar surface area (TPSA) is 52.3 Å². The third-order valence-electron chi connectivity index (χ3n) is 4.60. The molecule has 0 bridgehead atoms. The first-order chi connectivity index (χ1) is 13.3. The van der Waals surface area contributed by atoms with Crippen molar-refractivity contribution in [3.05, 3.63) is 72.3 Å². The average Bonchev–Trinajstić information content (AvgIpc) is 3.16. The Balaban J connectivity index is 1.62. The summed E-state index contributed by atoms with van der Waals surface area (Å²) >= 11 is 1.64. The van der Waals surface area contributed by atoms with Gasteiger partial charge in [-0.25, -0.2) is 0 Å². The van der Waals surface area contributed by atoms with Gasteiger partial charge in [0.2, 0.25) is 5.16 Å². The van der Waals surface area contributed by atoms with Gasteiger partial charge < -0.3 is 4.74 Å². The van der Waals surface area contributed by atoms with Crippen LogP contribution in [-0.2, 0) is 0 Å². The van der Waals surface area contributed by atoms with Crippen LogP contribution in [0.25, 0.3) is 22.2 Å². The van der Waals surface area contributed by atoms with E-state index < -0.39 is 0 Å². The number of aromatic nitrogens is 3. The van der Waals surface area contributed by atoms with E-state index in [2.05, 4.69) is 52.7 Å². The first-order valence-electron chi connectivity index (χ1n) is 8.62. The Morgan fingerprint density at radius 3 is 2.63 bits per heavy atom. The molecule has 27 heavy (non-hydrogen) atoms. The number of ether oxygens (including phenoxy) is 1. The maximum absolute atomic E-state index is 5.48. The van der Waals surface area contributed by atoms with Crippen molar-refractivity contribution in [2.45, 2.75) is 5.16 Å². The first-order valence-corrected chi connectivity index (χ1v) is 9.61. The van der Waals surface area contributed by atoms with Gasteiger partial charge in [0.1, 0.15) is 5.75 Å². The number of thioether (sulfide) groups is 1. The van der Waals surface area contributed by atoms with Crippen LogP contribution in [-0.4, -0.2) is 33.4 Å². The average molecular weight is 372 g/mol. The molecule has 0 saturated heterocycles. The van der Waals surface area contributed by atoms with Gasteiger partial charge in [-0.3, -0.25) is 0 Å². The van der Waals surface area contributed by atoms with Crippen molar-refractivity contribution in [2.24, 2.45) is 5.10 Å². The summed E-state index contributed by atoms with van der Waals surface area (Å²) in [6, 6.07) is 22.6. The summed E-state index contributed by atoms with van der Waals surface area (Å²) in [5.41, 5.74) is 3.00. The number of benzene rings is 3. The smallest absolute Gasteiger partial charge is 0.212 e. The number of fused-ring (bicyclic) bond motifs is 2. The van der Waals surface area contributed by atoms with Crippen LogP contribution < -0.4 is 4.74 Å². The fourth-order valence-electron chi connectivity index (χ4n) is 3.24. The Kier molecular flexibility index (Phi) is 3.90. The third-order valence-corrected chi connectivity index (χ3v) is 5.53. The molecule has 0 radical (unpaired) electrons. The van der Waals surface area contributed by atoms with Crippen molar-refractivity contribution in [2.75, 3.05) is 12.9 Å². The predicted octanol–water partition coefficient (Wildman–Crippen LogP) is 4.47. The van der Waals surface area contributed by atoms with Crippen LogP contribution >= 0.6 is 11.8 Å². The van der Waals surface area contributed by atoms with Crippen molar-refractivity contribution in [1.82, 2.24) is 14.9 Å². The zero-order valence-electron chi connectivity index (χ0n) is 14.7. The van der Waals surface area contributed by atoms with Crippen LogP contribution in [0.1, 0.15) is 5.56 Å². The minimum Gasteiger partial charge on any atom is -0.496 e. The van der Waals surface area contributed by atoms with Gasteiger partial charge in [-0.2, -0.15) is 9.78 Å². The molecule has 2 heterocycles. The third kappa shape index (κ3) is 2.78. The highest BCUT2D eigenvalue weighted by molar-refractivity contribution is 7.99. The number of rotatable bonds is 3. The zero-order valence-corrected chi connectivity index (χ0v) is 15.5. The lowest BCUT2D eigenvalue weighted by Crippen LogP contribution is -2.13. The molecular formula is C21H16N4OS. The molecule has 6 heteroatoms. The van der Waals surface area contributed by atoms with Gasteiger partial charge >= 0.3 is 0 Å². The van der Waals surface area contributed by atoms with Crippen molar-refractivity contribution in [3.8, 4) is 17.1 Å². The fourth-order valence-corrected chi connectivity index (χ4v) is 4.07. The summed E-state index contributed by atoms with van der Waals surface area (Å²) < 4.78 is 7.30. The van der Waals surface area contributed by atoms with Crippen LogP contribution in [0.4, 0.5) is 0 Å². The molecule has 0 fully saturated rings. The minimum absolute atomic E-state index is 0.688. The van der Waals surface area contributed by atoms with E-state index in [1.54, 1.807) is 18.9 Å². The molecule has 1 aliphatic heterocycles. The number of nitrogens with zero attached hydrogens (tertiary/aromatic N) is 4. The molecule has 4 aromatic rings. The largest absolute Gasteiger partial charge is 0.496 e. The van der Waals surface area contributed by atoms with E-state index in [4.69, 9.17) is 9.84 Å². The zero-order chi connectivity index (χ0) is 18.2. The Hall–Kier alpha value is -3.12. The Bertz CT molecular complexity index is 1180. The molecule has 1 aliphatic rings. The second kappa shape index (κ2) is 6.55. The minimum atomic E-state index is 0.688. The van der Waals surface area contributed by atoms with Crippen molar-refractivity contribution in [1.29, 1.82) is 0 Å². The van der Waals surface area contributed by atoms with Crippen molar-refractivity contribution >= 4 is 28.2 Å². The molecular weight excluding hydrogens is 356 g/mol. The number of para-hydroxylation sites is 1. The van der Waals surface area contributed by atoms with Crippen LogP contribution in [0.2, 0.25) is 0 Å². The molecule has 0 aliphatic carbocycles. The van der Waals surface area contributed by atoms with E-state index in [-0.39, 0.29) is 0 Å². The van der Waals surface area contributed by atoms with E-state index in [1.165, 1.54) is 10.8 Å². The molecule has 5 nitrogen and oxygen atoms in total. The van der Waals surface area contributed by atoms with E-state index in [1.807, 2.05) is 28.9 Å². The SMILES string of the molecule is COc1ccccc1-c1nnc2n1N=C(c1ccc3ccccc3c1)CS2. The molecule has 0 N–H and O–H groups in total. The van der Waals surface area contributed by atoms with Crippen molar-refractivity contribution in [3.63, 3.8) is 0 Å². The van der Waals surface area contributed by atoms with Gasteiger partial charge in [0.05, 0.1) is 18.4 Å². The highest BCUT2D eigenvalue weighted by Gasteiger charge is 2.22. The summed E-state index contributed by atoms with van der Waals surface area (Å²) in [5.74, 6) is 2.21. The molecule has 5 rings (SSSR count). The van der Waals surface area contributed by atoms with E-state index in [9.17, 15) is 0 Å². The molecule has 0 amide bonds. The number of hydrogen-bond acceptors (Lipinski definition) is 5. The molecule has 0 saturated carbocycles. The Labute approximate surface area is 160 Å². The monoisotopic (exact) mass is 372 g/mol. The number of methoxy groups -OCH3 is 1. The molecule has 0 spiro atoms. The summed E-state index contributed by atoms with van der Waals surface area (Å²) in [6.45, 7) is 0. The highest BCUT2D eigenvalue weighted by atomic mass is 32.2. The standard InChI is InChI=1S/C21H16N4OS/c1-26-19-9-5-4-8-17(19)20-22-23-21-25(20)24-18(13-27-21)16-11-10-14-6-2-3-7-15(14)12-16/h2-12H,13H2,1H3. The van der Waals surface area contributed by atoms with E-state index in [0.29, 0.717) is 5.82 Å². The van der Waals surface area contributed by atoms with Gasteiger partial charge in [0.25, 0.3) is 0 Å². The van der Waals surface area contributed by atoms with Crippen LogP contribution in [0.3, 0.4) is 0 Å². The van der Waals surface area contributed by atoms with Gasteiger partial charge in [0, 0.05) is 5.75 Å². The predicted molar refractivity (Wildman–Crippen MR) is 109 cm³/mol. The Morgan fingerprint density at radius 2 is 1.74 bits per heavy atom. The highest BCUT2D eigenvalue weighted by Crippen LogP contribution is 2.33. The maximum Gasteiger partial charge on any atom is 0.212 e. The van der Waals surface area contributed by atoms with Gasteiger partial charge in [-0.05, 0) is 34.5 Å².